The molecule has 5 heteroatoms. The van der Waals surface area contributed by atoms with Crippen LogP contribution in [0.5, 0.6) is 5.75 Å². The average Bonchev–Trinajstić information content (AvgIpc) is 2.66. The van der Waals surface area contributed by atoms with E-state index in [0.29, 0.717) is 16.3 Å². The van der Waals surface area contributed by atoms with Gasteiger partial charge in [-0.3, -0.25) is 0 Å². The molecule has 0 aliphatic rings. The Morgan fingerprint density at radius 3 is 2.32 bits per heavy atom. The van der Waals surface area contributed by atoms with Gasteiger partial charge in [-0.15, -0.1) is 11.3 Å². The molecule has 0 aromatic carbocycles. The van der Waals surface area contributed by atoms with Crippen LogP contribution in [-0.2, 0) is 0 Å². The fourth-order valence-corrected chi connectivity index (χ4v) is 2.92. The predicted octanol–water partition coefficient (Wildman–Crippen LogP) is 3.62. The van der Waals surface area contributed by atoms with Gasteiger partial charge in [0.2, 0.25) is 0 Å². The first-order valence-electron chi connectivity index (χ1n) is 6.79. The molecule has 106 valence electrons. The largest absolute Gasteiger partial charge is 0.486 e. The number of anilines is 2. The Kier molecular flexibility index (Phi) is 5.97. The third-order valence-electron chi connectivity index (χ3n) is 2.61. The van der Waals surface area contributed by atoms with Crippen LogP contribution < -0.4 is 15.4 Å². The van der Waals surface area contributed by atoms with E-state index in [2.05, 4.69) is 24.8 Å². The van der Waals surface area contributed by atoms with Gasteiger partial charge in [0.05, 0.1) is 6.10 Å². The number of nitriles is 1. The Morgan fingerprint density at radius 2 is 1.89 bits per heavy atom. The van der Waals surface area contributed by atoms with Crippen molar-refractivity contribution in [2.75, 3.05) is 23.7 Å². The van der Waals surface area contributed by atoms with Crippen molar-refractivity contribution in [2.24, 2.45) is 0 Å². The van der Waals surface area contributed by atoms with Gasteiger partial charge in [-0.2, -0.15) is 5.26 Å². The minimum absolute atomic E-state index is 0.0484. The first-order valence-corrected chi connectivity index (χ1v) is 7.60. The van der Waals surface area contributed by atoms with Crippen molar-refractivity contribution in [3.05, 3.63) is 4.88 Å². The number of thiophene rings is 1. The summed E-state index contributed by atoms with van der Waals surface area (Å²) in [4.78, 5) is 2.81. The minimum atomic E-state index is 0.0484. The van der Waals surface area contributed by atoms with Crippen molar-refractivity contribution in [1.29, 1.82) is 5.26 Å². The third kappa shape index (κ3) is 3.77. The molecule has 1 rings (SSSR count). The zero-order valence-corrected chi connectivity index (χ0v) is 13.0. The molecule has 0 saturated carbocycles. The highest BCUT2D eigenvalue weighted by molar-refractivity contribution is 7.17. The second kappa shape index (κ2) is 7.25. The van der Waals surface area contributed by atoms with Crippen LogP contribution in [0.25, 0.3) is 0 Å². The molecule has 0 bridgehead atoms. The molecule has 0 aliphatic heterocycles. The summed E-state index contributed by atoms with van der Waals surface area (Å²) in [6.07, 6.45) is 2.16. The van der Waals surface area contributed by atoms with Gasteiger partial charge in [0.25, 0.3) is 0 Å². The lowest BCUT2D eigenvalue weighted by Crippen LogP contribution is -2.24. The Bertz CT molecular complexity index is 442. The minimum Gasteiger partial charge on any atom is -0.486 e. The van der Waals surface area contributed by atoms with Crippen molar-refractivity contribution < 1.29 is 4.74 Å². The standard InChI is InChI=1S/C14H23N3OS/c1-5-7-17(8-6-2)14-13(18-10(3)4)12(16)11(9-15)19-14/h10H,5-8,16H2,1-4H3. The molecule has 1 aromatic rings. The Balaban J connectivity index is 3.19. The van der Waals surface area contributed by atoms with Gasteiger partial charge in [-0.1, -0.05) is 13.8 Å². The van der Waals surface area contributed by atoms with Crippen LogP contribution in [0, 0.1) is 11.3 Å². The molecule has 19 heavy (non-hydrogen) atoms. The second-order valence-corrected chi connectivity index (χ2v) is 5.74. The smallest absolute Gasteiger partial charge is 0.178 e. The lowest BCUT2D eigenvalue weighted by atomic mass is 10.3. The predicted molar refractivity (Wildman–Crippen MR) is 82.0 cm³/mol. The molecule has 4 nitrogen and oxygen atoms in total. The van der Waals surface area contributed by atoms with Crippen molar-refractivity contribution in [1.82, 2.24) is 0 Å². The van der Waals surface area contributed by atoms with E-state index in [0.717, 1.165) is 30.9 Å². The van der Waals surface area contributed by atoms with E-state index in [4.69, 9.17) is 15.7 Å². The molecule has 0 fully saturated rings. The Labute approximate surface area is 119 Å². The molecular weight excluding hydrogens is 258 g/mol. The summed E-state index contributed by atoms with van der Waals surface area (Å²) < 4.78 is 5.82. The van der Waals surface area contributed by atoms with Crippen molar-refractivity contribution in [3.8, 4) is 11.8 Å². The molecule has 1 heterocycles. The van der Waals surface area contributed by atoms with E-state index < -0.39 is 0 Å². The van der Waals surface area contributed by atoms with E-state index in [1.54, 1.807) is 0 Å². The number of hydrogen-bond donors (Lipinski definition) is 1. The highest BCUT2D eigenvalue weighted by atomic mass is 32.1. The molecule has 1 aromatic heterocycles. The topological polar surface area (TPSA) is 62.3 Å². The zero-order valence-electron chi connectivity index (χ0n) is 12.2. The van der Waals surface area contributed by atoms with Crippen LogP contribution in [0.3, 0.4) is 0 Å². The maximum absolute atomic E-state index is 9.14. The lowest BCUT2D eigenvalue weighted by molar-refractivity contribution is 0.245. The number of rotatable bonds is 7. The number of nitrogens with two attached hydrogens (primary N) is 1. The monoisotopic (exact) mass is 281 g/mol. The fraction of sp³-hybridized carbons (Fsp3) is 0.643. The van der Waals surface area contributed by atoms with Gasteiger partial charge < -0.3 is 15.4 Å². The summed E-state index contributed by atoms with van der Waals surface area (Å²) in [5, 5.41) is 10.1. The zero-order chi connectivity index (χ0) is 14.4. The summed E-state index contributed by atoms with van der Waals surface area (Å²) in [6, 6.07) is 2.16. The van der Waals surface area contributed by atoms with E-state index in [1.807, 2.05) is 13.8 Å². The molecule has 0 saturated heterocycles. The SMILES string of the molecule is CCCN(CCC)c1sc(C#N)c(N)c1OC(C)C. The van der Waals surface area contributed by atoms with Crippen LogP contribution in [0.4, 0.5) is 10.7 Å². The van der Waals surface area contributed by atoms with Crippen LogP contribution >= 0.6 is 11.3 Å². The van der Waals surface area contributed by atoms with Crippen LogP contribution in [0.2, 0.25) is 0 Å². The first kappa shape index (κ1) is 15.6. The number of nitrogens with zero attached hydrogens (tertiary/aromatic N) is 2. The molecule has 0 radical (unpaired) electrons. The van der Waals surface area contributed by atoms with Gasteiger partial charge in [0, 0.05) is 13.1 Å². The quantitative estimate of drug-likeness (QED) is 0.829. The van der Waals surface area contributed by atoms with E-state index in [9.17, 15) is 0 Å². The normalized spacial score (nSPS) is 10.5. The molecular formula is C14H23N3OS. The lowest BCUT2D eigenvalue weighted by Gasteiger charge is -2.24. The van der Waals surface area contributed by atoms with E-state index >= 15 is 0 Å². The third-order valence-corrected chi connectivity index (χ3v) is 3.76. The molecule has 0 aliphatic carbocycles. The highest BCUT2D eigenvalue weighted by Gasteiger charge is 2.22. The highest BCUT2D eigenvalue weighted by Crippen LogP contribution is 2.45. The van der Waals surface area contributed by atoms with Gasteiger partial charge >= 0.3 is 0 Å². The summed E-state index contributed by atoms with van der Waals surface area (Å²) in [7, 11) is 0. The summed E-state index contributed by atoms with van der Waals surface area (Å²) in [5.41, 5.74) is 6.51. The average molecular weight is 281 g/mol. The van der Waals surface area contributed by atoms with Crippen molar-refractivity contribution in [3.63, 3.8) is 0 Å². The van der Waals surface area contributed by atoms with Gasteiger partial charge in [0.1, 0.15) is 21.6 Å². The van der Waals surface area contributed by atoms with E-state index in [1.165, 1.54) is 11.3 Å². The summed E-state index contributed by atoms with van der Waals surface area (Å²) in [6.45, 7) is 10.1. The number of hydrogen-bond acceptors (Lipinski definition) is 5. The fourth-order valence-electron chi connectivity index (χ4n) is 1.91. The maximum Gasteiger partial charge on any atom is 0.178 e. The number of nitrogen functional groups attached to an aromatic ring is 1. The summed E-state index contributed by atoms with van der Waals surface area (Å²) >= 11 is 1.43. The molecule has 0 spiro atoms. The summed E-state index contributed by atoms with van der Waals surface area (Å²) in [5.74, 6) is 0.679. The first-order chi connectivity index (χ1) is 9.04. The van der Waals surface area contributed by atoms with Gasteiger partial charge in [-0.05, 0) is 26.7 Å². The van der Waals surface area contributed by atoms with Crippen LogP contribution in [-0.4, -0.2) is 19.2 Å². The Morgan fingerprint density at radius 1 is 1.32 bits per heavy atom. The second-order valence-electron chi connectivity index (χ2n) is 4.74. The van der Waals surface area contributed by atoms with Crippen molar-refractivity contribution >= 4 is 22.0 Å². The van der Waals surface area contributed by atoms with Crippen molar-refractivity contribution in [2.45, 2.75) is 46.6 Å². The van der Waals surface area contributed by atoms with Gasteiger partial charge in [0.15, 0.2) is 5.75 Å². The maximum atomic E-state index is 9.14. The molecule has 0 amide bonds. The molecule has 0 unspecified atom stereocenters. The Hall–Kier alpha value is -1.41. The molecule has 0 atom stereocenters. The van der Waals surface area contributed by atoms with E-state index in [-0.39, 0.29) is 6.10 Å². The van der Waals surface area contributed by atoms with Crippen LogP contribution in [0.15, 0.2) is 0 Å². The number of ether oxygens (including phenoxy) is 1. The van der Waals surface area contributed by atoms with Crippen LogP contribution in [0.1, 0.15) is 45.4 Å². The molecule has 2 N–H and O–H groups in total. The van der Waals surface area contributed by atoms with Gasteiger partial charge in [-0.25, -0.2) is 0 Å².